The van der Waals surface area contributed by atoms with Crippen molar-refractivity contribution in [2.45, 2.75) is 64.0 Å². The predicted octanol–water partition coefficient (Wildman–Crippen LogP) is 2.68. The lowest BCUT2D eigenvalue weighted by Gasteiger charge is -2.35. The Morgan fingerprint density at radius 1 is 1.17 bits per heavy atom. The molecule has 7 heteroatoms. The highest BCUT2D eigenvalue weighted by molar-refractivity contribution is 6.01. The van der Waals surface area contributed by atoms with Crippen LogP contribution < -0.4 is 10.1 Å². The summed E-state index contributed by atoms with van der Waals surface area (Å²) in [6.07, 6.45) is 5.63. The van der Waals surface area contributed by atoms with Crippen molar-refractivity contribution in [1.29, 1.82) is 0 Å². The number of carbonyl (C=O) groups excluding carboxylic acids is 3. The van der Waals surface area contributed by atoms with Gasteiger partial charge in [-0.15, -0.1) is 0 Å². The second-order valence-electron chi connectivity index (χ2n) is 7.60. The number of amides is 2. The molecule has 1 saturated carbocycles. The fourth-order valence-electron chi connectivity index (χ4n) is 3.87. The average molecular weight is 402 g/mol. The largest absolute Gasteiger partial charge is 0.493 e. The number of para-hydroxylation sites is 1. The van der Waals surface area contributed by atoms with Crippen LogP contribution >= 0.6 is 0 Å². The number of piperazine rings is 1. The van der Waals surface area contributed by atoms with Crippen LogP contribution in [-0.2, 0) is 14.3 Å². The fraction of sp³-hybridized carbons (Fsp3) is 0.591. The highest BCUT2D eigenvalue weighted by atomic mass is 16.5. The zero-order valence-electron chi connectivity index (χ0n) is 17.0. The van der Waals surface area contributed by atoms with Gasteiger partial charge in [0.1, 0.15) is 17.9 Å². The van der Waals surface area contributed by atoms with Crippen molar-refractivity contribution in [3.8, 4) is 5.75 Å². The summed E-state index contributed by atoms with van der Waals surface area (Å²) in [6, 6.07) is 6.15. The fourth-order valence-corrected chi connectivity index (χ4v) is 3.87. The first-order valence-electron chi connectivity index (χ1n) is 10.6. The standard InChI is InChI=1S/C22H30N2O5/c1-2-14-28-19-11-7-6-10-17(19)22(27)24-13-12-23-21(26)18(24)15-20(25)29-16-8-4-3-5-9-16/h6-7,10-11,16,18H,2-5,8-9,12-15H2,1H3,(H,23,26). The van der Waals surface area contributed by atoms with Crippen molar-refractivity contribution < 1.29 is 23.9 Å². The monoisotopic (exact) mass is 402 g/mol. The Morgan fingerprint density at radius 2 is 1.93 bits per heavy atom. The van der Waals surface area contributed by atoms with Gasteiger partial charge in [0.2, 0.25) is 5.91 Å². The van der Waals surface area contributed by atoms with Crippen molar-refractivity contribution in [1.82, 2.24) is 10.2 Å². The van der Waals surface area contributed by atoms with Crippen LogP contribution in [0.3, 0.4) is 0 Å². The first kappa shape index (κ1) is 21.1. The highest BCUT2D eigenvalue weighted by Crippen LogP contribution is 2.24. The van der Waals surface area contributed by atoms with Gasteiger partial charge in [-0.3, -0.25) is 14.4 Å². The topological polar surface area (TPSA) is 84.9 Å². The Kier molecular flexibility index (Phi) is 7.49. The lowest BCUT2D eigenvalue weighted by Crippen LogP contribution is -2.58. The van der Waals surface area contributed by atoms with Gasteiger partial charge in [-0.2, -0.15) is 0 Å². The molecule has 0 bridgehead atoms. The first-order valence-corrected chi connectivity index (χ1v) is 10.6. The van der Waals surface area contributed by atoms with Crippen LogP contribution in [0.15, 0.2) is 24.3 Å². The third kappa shape index (κ3) is 5.49. The predicted molar refractivity (Wildman–Crippen MR) is 108 cm³/mol. The molecular formula is C22H30N2O5. The second kappa shape index (κ2) is 10.3. The molecule has 0 radical (unpaired) electrons. The van der Waals surface area contributed by atoms with Crippen LogP contribution in [0.2, 0.25) is 0 Å². The third-order valence-corrected chi connectivity index (χ3v) is 5.38. The number of esters is 1. The number of hydrogen-bond acceptors (Lipinski definition) is 5. The minimum Gasteiger partial charge on any atom is -0.493 e. The summed E-state index contributed by atoms with van der Waals surface area (Å²) < 4.78 is 11.3. The number of ether oxygens (including phenoxy) is 2. The van der Waals surface area contributed by atoms with E-state index in [1.54, 1.807) is 18.2 Å². The van der Waals surface area contributed by atoms with Crippen molar-refractivity contribution in [3.63, 3.8) is 0 Å². The molecule has 1 aromatic carbocycles. The van der Waals surface area contributed by atoms with Gasteiger partial charge in [0.15, 0.2) is 0 Å². The van der Waals surface area contributed by atoms with E-state index < -0.39 is 12.0 Å². The van der Waals surface area contributed by atoms with E-state index in [1.807, 2.05) is 13.0 Å². The molecule has 1 atom stereocenters. The molecule has 2 fully saturated rings. The summed E-state index contributed by atoms with van der Waals surface area (Å²) in [4.78, 5) is 39.6. The van der Waals surface area contributed by atoms with Crippen molar-refractivity contribution in [2.24, 2.45) is 0 Å². The van der Waals surface area contributed by atoms with Crippen molar-refractivity contribution in [2.75, 3.05) is 19.7 Å². The molecule has 1 N–H and O–H groups in total. The van der Waals surface area contributed by atoms with Crippen LogP contribution in [0, 0.1) is 0 Å². The Hall–Kier alpha value is -2.57. The van der Waals surface area contributed by atoms with Gasteiger partial charge in [-0.05, 0) is 44.2 Å². The number of rotatable bonds is 7. The summed E-state index contributed by atoms with van der Waals surface area (Å²) in [5, 5.41) is 2.75. The molecule has 1 unspecified atom stereocenters. The molecule has 2 aliphatic rings. The normalized spacial score (nSPS) is 20.1. The molecule has 29 heavy (non-hydrogen) atoms. The van der Waals surface area contributed by atoms with Gasteiger partial charge in [0.25, 0.3) is 5.91 Å². The Morgan fingerprint density at radius 3 is 2.69 bits per heavy atom. The highest BCUT2D eigenvalue weighted by Gasteiger charge is 2.37. The molecule has 7 nitrogen and oxygen atoms in total. The SMILES string of the molecule is CCCOc1ccccc1C(=O)N1CCNC(=O)C1CC(=O)OC1CCCCC1. The lowest BCUT2D eigenvalue weighted by molar-refractivity contribution is -0.153. The van der Waals surface area contributed by atoms with E-state index in [9.17, 15) is 14.4 Å². The van der Waals surface area contributed by atoms with Crippen molar-refractivity contribution in [3.05, 3.63) is 29.8 Å². The molecule has 2 amide bonds. The van der Waals surface area contributed by atoms with Gasteiger partial charge >= 0.3 is 5.97 Å². The molecule has 1 saturated heterocycles. The molecule has 0 spiro atoms. The zero-order chi connectivity index (χ0) is 20.6. The Balaban J connectivity index is 1.71. The smallest absolute Gasteiger partial charge is 0.308 e. The third-order valence-electron chi connectivity index (χ3n) is 5.38. The van der Waals surface area contributed by atoms with E-state index in [4.69, 9.17) is 9.47 Å². The lowest BCUT2D eigenvalue weighted by atomic mass is 9.98. The maximum atomic E-state index is 13.2. The van der Waals surface area contributed by atoms with Crippen LogP contribution in [0.5, 0.6) is 5.75 Å². The molecule has 1 aromatic rings. The van der Waals surface area contributed by atoms with Gasteiger partial charge in [0.05, 0.1) is 18.6 Å². The van der Waals surface area contributed by atoms with Gasteiger partial charge in [0, 0.05) is 13.1 Å². The van der Waals surface area contributed by atoms with E-state index in [-0.39, 0.29) is 24.3 Å². The van der Waals surface area contributed by atoms with Crippen LogP contribution in [-0.4, -0.2) is 54.5 Å². The number of nitrogens with one attached hydrogen (secondary N) is 1. The maximum absolute atomic E-state index is 13.2. The molecule has 3 rings (SSSR count). The Labute approximate surface area is 171 Å². The molecule has 0 aromatic heterocycles. The molecule has 1 aliphatic heterocycles. The first-order chi connectivity index (χ1) is 14.1. The maximum Gasteiger partial charge on any atom is 0.308 e. The van der Waals surface area contributed by atoms with Crippen LogP contribution in [0.4, 0.5) is 0 Å². The Bertz CT molecular complexity index is 730. The summed E-state index contributed by atoms with van der Waals surface area (Å²) in [5.74, 6) is -0.555. The van der Waals surface area contributed by atoms with Crippen molar-refractivity contribution >= 4 is 17.8 Å². The molecule has 1 heterocycles. The van der Waals surface area contributed by atoms with E-state index in [2.05, 4.69) is 5.32 Å². The van der Waals surface area contributed by atoms with E-state index >= 15 is 0 Å². The summed E-state index contributed by atoms with van der Waals surface area (Å²) in [7, 11) is 0. The summed E-state index contributed by atoms with van der Waals surface area (Å²) in [6.45, 7) is 3.19. The summed E-state index contributed by atoms with van der Waals surface area (Å²) >= 11 is 0. The van der Waals surface area contributed by atoms with Gasteiger partial charge in [-0.25, -0.2) is 0 Å². The molecule has 1 aliphatic carbocycles. The minimum absolute atomic E-state index is 0.0739. The van der Waals surface area contributed by atoms with E-state index in [1.165, 1.54) is 11.3 Å². The number of benzene rings is 1. The molecular weight excluding hydrogens is 372 g/mol. The number of hydrogen-bond donors (Lipinski definition) is 1. The molecule has 158 valence electrons. The minimum atomic E-state index is -0.869. The van der Waals surface area contributed by atoms with Crippen LogP contribution in [0.25, 0.3) is 0 Å². The second-order valence-corrected chi connectivity index (χ2v) is 7.60. The summed E-state index contributed by atoms with van der Waals surface area (Å²) in [5.41, 5.74) is 0.404. The van der Waals surface area contributed by atoms with Gasteiger partial charge < -0.3 is 19.7 Å². The van der Waals surface area contributed by atoms with Gasteiger partial charge in [-0.1, -0.05) is 25.5 Å². The quantitative estimate of drug-likeness (QED) is 0.709. The average Bonchev–Trinajstić information content (AvgIpc) is 2.74. The number of carbonyl (C=O) groups is 3. The zero-order valence-corrected chi connectivity index (χ0v) is 17.0. The number of nitrogens with zero attached hydrogens (tertiary/aromatic N) is 1. The van der Waals surface area contributed by atoms with E-state index in [0.29, 0.717) is 31.0 Å². The van der Waals surface area contributed by atoms with Crippen LogP contribution in [0.1, 0.15) is 62.2 Å². The van der Waals surface area contributed by atoms with E-state index in [0.717, 1.165) is 32.1 Å².